The normalized spacial score (nSPS) is 27.7. The lowest BCUT2D eigenvalue weighted by Crippen LogP contribution is -2.45. The van der Waals surface area contributed by atoms with Gasteiger partial charge in [-0.25, -0.2) is 0 Å². The summed E-state index contributed by atoms with van der Waals surface area (Å²) in [6.45, 7) is 10.5. The first-order chi connectivity index (χ1) is 8.07. The van der Waals surface area contributed by atoms with E-state index in [1.54, 1.807) is 0 Å². The molecule has 0 radical (unpaired) electrons. The van der Waals surface area contributed by atoms with Gasteiger partial charge in [0.05, 0.1) is 12.1 Å². The lowest BCUT2D eigenvalue weighted by atomic mass is 10.0. The quantitative estimate of drug-likeness (QED) is 0.624. The molecule has 1 rings (SSSR count). The number of hydrogen-bond acceptors (Lipinski definition) is 3. The van der Waals surface area contributed by atoms with E-state index >= 15 is 0 Å². The van der Waals surface area contributed by atoms with E-state index in [1.807, 2.05) is 0 Å². The zero-order chi connectivity index (χ0) is 14.0. The molecule has 1 unspecified atom stereocenters. The van der Waals surface area contributed by atoms with E-state index in [-0.39, 0.29) is 12.1 Å². The Morgan fingerprint density at radius 1 is 1.39 bits per heavy atom. The summed E-state index contributed by atoms with van der Waals surface area (Å²) in [5.74, 6) is 3.47. The third-order valence-electron chi connectivity index (χ3n) is 2.40. The van der Waals surface area contributed by atoms with E-state index in [9.17, 15) is 8.42 Å². The Morgan fingerprint density at radius 3 is 2.50 bits per heavy atom. The largest absolute Gasteiger partial charge is 0.337 e. The van der Waals surface area contributed by atoms with Crippen molar-refractivity contribution >= 4 is 18.4 Å². The molecule has 4 nitrogen and oxygen atoms in total. The summed E-state index contributed by atoms with van der Waals surface area (Å²) in [7, 11) is -5.11. The Hall–Kier alpha value is -0.353. The molecular weight excluding hydrogens is 266 g/mol. The Kier molecular flexibility index (Phi) is 5.01. The standard InChI is InChI=1S/C12H23NO3SSi/c1-10(2)8-12-9-11(6-7-18(3,4)5)13-17(14,15)16-12/h10-13H,8-9H2,1-5H3/t11-,12?/m1/s1. The summed E-state index contributed by atoms with van der Waals surface area (Å²) in [6, 6.07) is -0.306. The molecular formula is C12H23NO3SSi. The molecule has 0 aromatic carbocycles. The molecule has 1 heterocycles. The minimum atomic E-state index is -3.63. The van der Waals surface area contributed by atoms with Crippen LogP contribution in [0.1, 0.15) is 26.7 Å². The van der Waals surface area contributed by atoms with Crippen LogP contribution in [0.15, 0.2) is 0 Å². The van der Waals surface area contributed by atoms with Gasteiger partial charge in [-0.05, 0) is 12.3 Å². The van der Waals surface area contributed by atoms with Gasteiger partial charge in [-0.2, -0.15) is 13.1 Å². The van der Waals surface area contributed by atoms with Crippen molar-refractivity contribution in [2.75, 3.05) is 0 Å². The van der Waals surface area contributed by atoms with Crippen LogP contribution in [0.4, 0.5) is 0 Å². The molecule has 0 aliphatic carbocycles. The topological polar surface area (TPSA) is 55.4 Å². The molecule has 0 aromatic heterocycles. The van der Waals surface area contributed by atoms with Crippen LogP contribution in [0.2, 0.25) is 19.6 Å². The molecule has 1 saturated heterocycles. The molecule has 0 aromatic rings. The van der Waals surface area contributed by atoms with Crippen molar-refractivity contribution in [3.63, 3.8) is 0 Å². The van der Waals surface area contributed by atoms with Gasteiger partial charge in [-0.3, -0.25) is 4.18 Å². The average Bonchev–Trinajstić information content (AvgIpc) is 2.09. The maximum atomic E-state index is 11.6. The molecule has 6 heteroatoms. The van der Waals surface area contributed by atoms with E-state index in [2.05, 4.69) is 49.7 Å². The van der Waals surface area contributed by atoms with Gasteiger partial charge < -0.3 is 0 Å². The van der Waals surface area contributed by atoms with Crippen molar-refractivity contribution in [2.45, 2.75) is 58.5 Å². The average molecular weight is 289 g/mol. The number of rotatable bonds is 2. The van der Waals surface area contributed by atoms with Crippen LogP contribution in [-0.2, 0) is 14.5 Å². The van der Waals surface area contributed by atoms with E-state index in [0.717, 1.165) is 6.42 Å². The molecule has 104 valence electrons. The van der Waals surface area contributed by atoms with Crippen molar-refractivity contribution in [2.24, 2.45) is 5.92 Å². The molecule has 0 saturated carbocycles. The van der Waals surface area contributed by atoms with Gasteiger partial charge in [0.15, 0.2) is 0 Å². The molecule has 1 aliphatic heterocycles. The third kappa shape index (κ3) is 6.00. The highest BCUT2D eigenvalue weighted by Crippen LogP contribution is 2.20. The Bertz CT molecular complexity index is 442. The molecule has 18 heavy (non-hydrogen) atoms. The Balaban J connectivity index is 2.78. The van der Waals surface area contributed by atoms with E-state index in [0.29, 0.717) is 12.3 Å². The van der Waals surface area contributed by atoms with Crippen LogP contribution >= 0.6 is 0 Å². The van der Waals surface area contributed by atoms with Crippen LogP contribution < -0.4 is 4.72 Å². The second-order valence-corrected chi connectivity index (χ2v) is 12.3. The van der Waals surface area contributed by atoms with Gasteiger partial charge in [0.2, 0.25) is 0 Å². The van der Waals surface area contributed by atoms with Crippen molar-refractivity contribution < 1.29 is 12.6 Å². The summed E-state index contributed by atoms with van der Waals surface area (Å²) in [5.41, 5.74) is 3.21. The fourth-order valence-corrected chi connectivity index (χ4v) is 3.47. The maximum Gasteiger partial charge on any atom is 0.337 e. The smallest absolute Gasteiger partial charge is 0.255 e. The first-order valence-electron chi connectivity index (χ1n) is 6.30. The highest BCUT2D eigenvalue weighted by molar-refractivity contribution is 7.84. The molecule has 2 atom stereocenters. The van der Waals surface area contributed by atoms with Gasteiger partial charge in [0, 0.05) is 6.42 Å². The van der Waals surface area contributed by atoms with Crippen molar-refractivity contribution in [1.82, 2.24) is 4.72 Å². The first kappa shape index (κ1) is 15.7. The maximum absolute atomic E-state index is 11.6. The fraction of sp³-hybridized carbons (Fsp3) is 0.833. The second kappa shape index (κ2) is 5.74. The van der Waals surface area contributed by atoms with Gasteiger partial charge >= 0.3 is 10.3 Å². The van der Waals surface area contributed by atoms with Gasteiger partial charge in [0.25, 0.3) is 0 Å². The first-order valence-corrected chi connectivity index (χ1v) is 11.2. The van der Waals surface area contributed by atoms with Crippen LogP contribution in [0.5, 0.6) is 0 Å². The predicted octanol–water partition coefficient (Wildman–Crippen LogP) is 1.91. The molecule has 0 spiro atoms. The molecule has 0 bridgehead atoms. The fourth-order valence-electron chi connectivity index (χ4n) is 1.78. The molecule has 0 amide bonds. The van der Waals surface area contributed by atoms with Gasteiger partial charge in [0.1, 0.15) is 8.07 Å². The third-order valence-corrected chi connectivity index (χ3v) is 4.40. The van der Waals surface area contributed by atoms with Crippen LogP contribution in [-0.4, -0.2) is 28.6 Å². The highest BCUT2D eigenvalue weighted by atomic mass is 32.2. The lowest BCUT2D eigenvalue weighted by molar-refractivity contribution is 0.145. The lowest BCUT2D eigenvalue weighted by Gasteiger charge is -2.28. The summed E-state index contributed by atoms with van der Waals surface area (Å²) in [4.78, 5) is 0. The van der Waals surface area contributed by atoms with Crippen LogP contribution in [0, 0.1) is 17.4 Å². The predicted molar refractivity (Wildman–Crippen MR) is 75.9 cm³/mol. The van der Waals surface area contributed by atoms with E-state index in [1.165, 1.54) is 0 Å². The zero-order valence-corrected chi connectivity index (χ0v) is 13.6. The second-order valence-electron chi connectivity index (χ2n) is 6.23. The SMILES string of the molecule is CC(C)CC1C[C@@H](C#C[Si](C)(C)C)NS(=O)(=O)O1. The molecule has 1 aliphatic rings. The minimum absolute atomic E-state index is 0.253. The summed E-state index contributed by atoms with van der Waals surface area (Å²) in [5, 5.41) is 0. The number of nitrogens with one attached hydrogen (secondary N) is 1. The van der Waals surface area contributed by atoms with E-state index < -0.39 is 18.4 Å². The summed E-state index contributed by atoms with van der Waals surface area (Å²) >= 11 is 0. The van der Waals surface area contributed by atoms with Gasteiger partial charge in [-0.1, -0.05) is 39.4 Å². The van der Waals surface area contributed by atoms with E-state index in [4.69, 9.17) is 4.18 Å². The van der Waals surface area contributed by atoms with Crippen LogP contribution in [0.25, 0.3) is 0 Å². The van der Waals surface area contributed by atoms with Crippen LogP contribution in [0.3, 0.4) is 0 Å². The zero-order valence-electron chi connectivity index (χ0n) is 11.8. The Morgan fingerprint density at radius 2 is 2.00 bits per heavy atom. The number of hydrogen-bond donors (Lipinski definition) is 1. The summed E-state index contributed by atoms with van der Waals surface area (Å²) in [6.07, 6.45) is 1.12. The van der Waals surface area contributed by atoms with Crippen molar-refractivity contribution in [3.05, 3.63) is 0 Å². The summed E-state index contributed by atoms with van der Waals surface area (Å²) < 4.78 is 30.7. The molecule has 1 N–H and O–H groups in total. The Labute approximate surface area is 112 Å². The monoisotopic (exact) mass is 289 g/mol. The van der Waals surface area contributed by atoms with Gasteiger partial charge in [-0.15, -0.1) is 5.54 Å². The molecule has 1 fully saturated rings. The van der Waals surface area contributed by atoms with Crippen molar-refractivity contribution in [1.29, 1.82) is 0 Å². The highest BCUT2D eigenvalue weighted by Gasteiger charge is 2.31. The minimum Gasteiger partial charge on any atom is -0.255 e. The van der Waals surface area contributed by atoms with Crippen molar-refractivity contribution in [3.8, 4) is 11.5 Å².